The van der Waals surface area contributed by atoms with E-state index in [4.69, 9.17) is 0 Å². The predicted molar refractivity (Wildman–Crippen MR) is 107 cm³/mol. The first-order valence-electron chi connectivity index (χ1n) is 9.28. The Morgan fingerprint density at radius 2 is 1.57 bits per heavy atom. The summed E-state index contributed by atoms with van der Waals surface area (Å²) in [5.41, 5.74) is 2.09. The molecule has 2 heterocycles. The minimum absolute atomic E-state index is 0.00464. The number of aryl methyl sites for hydroxylation is 1. The normalized spacial score (nSPS) is 15.5. The highest BCUT2D eigenvalue weighted by atomic mass is 32.2. The van der Waals surface area contributed by atoms with Gasteiger partial charge in [0.1, 0.15) is 0 Å². The third-order valence-electron chi connectivity index (χ3n) is 4.96. The molecule has 0 atom stereocenters. The van der Waals surface area contributed by atoms with Gasteiger partial charge in [-0.1, -0.05) is 17.7 Å². The highest BCUT2D eigenvalue weighted by molar-refractivity contribution is 7.89. The first-order valence-corrected chi connectivity index (χ1v) is 10.7. The van der Waals surface area contributed by atoms with E-state index in [0.717, 1.165) is 11.3 Å². The number of amides is 1. The summed E-state index contributed by atoms with van der Waals surface area (Å²) in [5.74, 6) is -0.00464. The summed E-state index contributed by atoms with van der Waals surface area (Å²) in [6, 6.07) is 10.8. The molecule has 0 spiro atoms. The number of pyridine rings is 1. The standard InChI is InChI=1S/C20H27N4O3S/c1-17-4-6-19(7-5-17)28(26,27)24-14-12-23(13-15-24)20(25)16-22-10-8-18(9-11-22)21(2)3/h4-11H,12-16H2,1-3H3/q+1. The van der Waals surface area contributed by atoms with E-state index in [1.165, 1.54) is 4.31 Å². The van der Waals surface area contributed by atoms with Crippen molar-refractivity contribution in [2.75, 3.05) is 45.2 Å². The molecule has 7 nitrogen and oxygen atoms in total. The van der Waals surface area contributed by atoms with Crippen molar-refractivity contribution in [2.45, 2.75) is 18.4 Å². The van der Waals surface area contributed by atoms with Crippen molar-refractivity contribution >= 4 is 21.6 Å². The summed E-state index contributed by atoms with van der Waals surface area (Å²) < 4.78 is 28.8. The molecular formula is C20H27N4O3S+. The Morgan fingerprint density at radius 1 is 1.00 bits per heavy atom. The lowest BCUT2D eigenvalue weighted by atomic mass is 10.2. The molecule has 1 aliphatic heterocycles. The van der Waals surface area contributed by atoms with Crippen LogP contribution in [-0.4, -0.2) is 63.8 Å². The number of carbonyl (C=O) groups is 1. The Kier molecular flexibility index (Phi) is 6.00. The molecule has 3 rings (SSSR count). The van der Waals surface area contributed by atoms with E-state index in [1.54, 1.807) is 29.2 Å². The zero-order valence-corrected chi connectivity index (χ0v) is 17.4. The zero-order valence-electron chi connectivity index (χ0n) is 16.6. The maximum absolute atomic E-state index is 12.8. The molecule has 0 radical (unpaired) electrons. The molecule has 2 aromatic rings. The molecular weight excluding hydrogens is 376 g/mol. The first-order chi connectivity index (χ1) is 13.3. The number of benzene rings is 1. The number of hydrogen-bond donors (Lipinski definition) is 0. The quantitative estimate of drug-likeness (QED) is 0.696. The van der Waals surface area contributed by atoms with Gasteiger partial charge in [-0.05, 0) is 19.1 Å². The van der Waals surface area contributed by atoms with Crippen LogP contribution < -0.4 is 9.47 Å². The third-order valence-corrected chi connectivity index (χ3v) is 6.87. The van der Waals surface area contributed by atoms with Crippen LogP contribution in [0.1, 0.15) is 5.56 Å². The Hall–Kier alpha value is -2.45. The molecule has 1 aliphatic rings. The fraction of sp³-hybridized carbons (Fsp3) is 0.400. The maximum Gasteiger partial charge on any atom is 0.288 e. The van der Waals surface area contributed by atoms with Crippen LogP contribution in [0.3, 0.4) is 0 Å². The highest BCUT2D eigenvalue weighted by Gasteiger charge is 2.30. The van der Waals surface area contributed by atoms with Crippen molar-refractivity contribution in [3.05, 3.63) is 54.4 Å². The second-order valence-electron chi connectivity index (χ2n) is 7.22. The van der Waals surface area contributed by atoms with Gasteiger partial charge in [-0.2, -0.15) is 8.87 Å². The summed E-state index contributed by atoms with van der Waals surface area (Å²) >= 11 is 0. The van der Waals surface area contributed by atoms with E-state index in [1.807, 2.05) is 55.0 Å². The molecule has 28 heavy (non-hydrogen) atoms. The fourth-order valence-corrected chi connectivity index (χ4v) is 4.57. The molecule has 1 amide bonds. The molecule has 0 unspecified atom stereocenters. The minimum atomic E-state index is -3.51. The number of piperazine rings is 1. The van der Waals surface area contributed by atoms with E-state index in [-0.39, 0.29) is 12.5 Å². The Labute approximate surface area is 166 Å². The molecule has 150 valence electrons. The van der Waals surface area contributed by atoms with Gasteiger partial charge in [-0.25, -0.2) is 8.42 Å². The lowest BCUT2D eigenvalue weighted by molar-refractivity contribution is -0.685. The Bertz CT molecular complexity index is 917. The van der Waals surface area contributed by atoms with Gasteiger partial charge < -0.3 is 9.80 Å². The number of rotatable bonds is 5. The van der Waals surface area contributed by atoms with E-state index >= 15 is 0 Å². The van der Waals surface area contributed by atoms with Gasteiger partial charge in [0.2, 0.25) is 16.6 Å². The number of anilines is 1. The van der Waals surface area contributed by atoms with Crippen LogP contribution in [0.15, 0.2) is 53.7 Å². The van der Waals surface area contributed by atoms with E-state index in [2.05, 4.69) is 0 Å². The van der Waals surface area contributed by atoms with E-state index < -0.39 is 10.0 Å². The minimum Gasteiger partial charge on any atom is -0.377 e. The summed E-state index contributed by atoms with van der Waals surface area (Å²) in [7, 11) is 0.420. The molecule has 0 N–H and O–H groups in total. The number of hydrogen-bond acceptors (Lipinski definition) is 4. The van der Waals surface area contributed by atoms with Crippen LogP contribution in [0.5, 0.6) is 0 Å². The average Bonchev–Trinajstić information content (AvgIpc) is 2.69. The van der Waals surface area contributed by atoms with Crippen molar-refractivity contribution in [1.29, 1.82) is 0 Å². The predicted octanol–water partition coefficient (Wildman–Crippen LogP) is 0.882. The van der Waals surface area contributed by atoms with Gasteiger partial charge in [-0.3, -0.25) is 4.79 Å². The van der Waals surface area contributed by atoms with Gasteiger partial charge in [0.15, 0.2) is 12.4 Å². The largest absolute Gasteiger partial charge is 0.377 e. The number of sulfonamides is 1. The van der Waals surface area contributed by atoms with Crippen LogP contribution in [0.2, 0.25) is 0 Å². The molecule has 8 heteroatoms. The number of carbonyl (C=O) groups excluding carboxylic acids is 1. The van der Waals surface area contributed by atoms with Crippen LogP contribution >= 0.6 is 0 Å². The summed E-state index contributed by atoms with van der Waals surface area (Å²) in [5, 5.41) is 0. The van der Waals surface area contributed by atoms with Gasteiger partial charge >= 0.3 is 0 Å². The average molecular weight is 404 g/mol. The summed E-state index contributed by atoms with van der Waals surface area (Å²) in [6.45, 7) is 3.60. The van der Waals surface area contributed by atoms with Gasteiger partial charge in [0, 0.05) is 58.1 Å². The second kappa shape index (κ2) is 8.28. The molecule has 0 aliphatic carbocycles. The molecule has 1 aromatic carbocycles. The summed E-state index contributed by atoms with van der Waals surface area (Å²) in [6.07, 6.45) is 3.76. The maximum atomic E-state index is 12.8. The number of nitrogens with zero attached hydrogens (tertiary/aromatic N) is 4. The van der Waals surface area contributed by atoms with Crippen molar-refractivity contribution in [3.8, 4) is 0 Å². The summed E-state index contributed by atoms with van der Waals surface area (Å²) in [4.78, 5) is 16.6. The zero-order chi connectivity index (χ0) is 20.3. The first kappa shape index (κ1) is 20.3. The Balaban J connectivity index is 1.58. The van der Waals surface area contributed by atoms with Crippen molar-refractivity contribution in [3.63, 3.8) is 0 Å². The second-order valence-corrected chi connectivity index (χ2v) is 9.16. The SMILES string of the molecule is Cc1ccc(S(=O)(=O)N2CCN(C(=O)C[n+]3ccc(N(C)C)cc3)CC2)cc1. The molecule has 1 aromatic heterocycles. The van der Waals surface area contributed by atoms with Gasteiger partial charge in [-0.15, -0.1) is 0 Å². The van der Waals surface area contributed by atoms with Crippen LogP contribution in [0.25, 0.3) is 0 Å². The van der Waals surface area contributed by atoms with E-state index in [0.29, 0.717) is 31.1 Å². The van der Waals surface area contributed by atoms with Crippen molar-refractivity contribution in [2.24, 2.45) is 0 Å². The third kappa shape index (κ3) is 4.51. The molecule has 1 saturated heterocycles. The van der Waals surface area contributed by atoms with Crippen molar-refractivity contribution in [1.82, 2.24) is 9.21 Å². The monoisotopic (exact) mass is 403 g/mol. The van der Waals surface area contributed by atoms with Crippen LogP contribution in [0.4, 0.5) is 5.69 Å². The Morgan fingerprint density at radius 3 is 2.11 bits per heavy atom. The lowest BCUT2D eigenvalue weighted by Crippen LogP contribution is -2.53. The molecule has 0 bridgehead atoms. The molecule has 1 fully saturated rings. The lowest BCUT2D eigenvalue weighted by Gasteiger charge is -2.33. The smallest absolute Gasteiger partial charge is 0.288 e. The van der Waals surface area contributed by atoms with Crippen LogP contribution in [-0.2, 0) is 21.4 Å². The van der Waals surface area contributed by atoms with Crippen LogP contribution in [0, 0.1) is 6.92 Å². The van der Waals surface area contributed by atoms with Gasteiger partial charge in [0.05, 0.1) is 4.90 Å². The highest BCUT2D eigenvalue weighted by Crippen LogP contribution is 2.18. The topological polar surface area (TPSA) is 64.8 Å². The fourth-order valence-electron chi connectivity index (χ4n) is 3.15. The van der Waals surface area contributed by atoms with Gasteiger partial charge in [0.25, 0.3) is 5.91 Å². The van der Waals surface area contributed by atoms with Crippen molar-refractivity contribution < 1.29 is 17.8 Å². The molecule has 0 saturated carbocycles. The number of aromatic nitrogens is 1. The van der Waals surface area contributed by atoms with E-state index in [9.17, 15) is 13.2 Å².